The van der Waals surface area contributed by atoms with Gasteiger partial charge in [0.1, 0.15) is 12.4 Å². The fraction of sp³-hybridized carbons (Fsp3) is 0.400. The first kappa shape index (κ1) is 13.3. The van der Waals surface area contributed by atoms with Crippen molar-refractivity contribution < 1.29 is 18.4 Å². The highest BCUT2D eigenvalue weighted by molar-refractivity contribution is 5.43. The van der Waals surface area contributed by atoms with E-state index in [1.165, 1.54) is 18.2 Å². The molecule has 0 bridgehead atoms. The molecule has 0 aromatic heterocycles. The molecule has 0 aliphatic carbocycles. The zero-order valence-electron chi connectivity index (χ0n) is 9.15. The van der Waals surface area contributed by atoms with Crippen molar-refractivity contribution in [3.63, 3.8) is 0 Å². The van der Waals surface area contributed by atoms with E-state index >= 15 is 0 Å². The third kappa shape index (κ3) is 3.95. The van der Waals surface area contributed by atoms with E-state index < -0.39 is 18.0 Å². The molecule has 1 N–H and O–H groups in total. The second-order valence-electron chi connectivity index (χ2n) is 3.28. The molecule has 1 rings (SSSR count). The molecular weight excluding hydrogens is 234 g/mol. The summed E-state index contributed by atoms with van der Waals surface area (Å²) in [5.41, 5.74) is 0.377. The molecule has 0 spiro atoms. The van der Waals surface area contributed by atoms with Gasteiger partial charge in [-0.1, -0.05) is 0 Å². The fourth-order valence-electron chi connectivity index (χ4n) is 1.30. The quantitative estimate of drug-likeness (QED) is 0.615. The Morgan fingerprint density at radius 1 is 1.53 bits per heavy atom. The summed E-state index contributed by atoms with van der Waals surface area (Å²) in [4.78, 5) is 10.0. The summed E-state index contributed by atoms with van der Waals surface area (Å²) < 4.78 is 28.9. The first-order valence-corrected chi connectivity index (χ1v) is 4.87. The summed E-state index contributed by atoms with van der Waals surface area (Å²) >= 11 is 0. The lowest BCUT2D eigenvalue weighted by Gasteiger charge is -2.10. The number of benzene rings is 1. The van der Waals surface area contributed by atoms with Gasteiger partial charge < -0.3 is 10.1 Å². The Morgan fingerprint density at radius 3 is 2.76 bits per heavy atom. The number of non-ortho nitro benzene ring substituents is 1. The standard InChI is InChI=1S/C10H12F2N2O3/c1-13-5-7-4-8(14(15)16)2-3-9(7)17-6-10(11)12/h2-4,10,13H,5-6H2,1H3. The molecule has 0 aliphatic rings. The summed E-state index contributed by atoms with van der Waals surface area (Å²) in [6.07, 6.45) is -2.58. The maximum atomic E-state index is 12.0. The van der Waals surface area contributed by atoms with E-state index in [4.69, 9.17) is 4.74 Å². The number of hydrogen-bond acceptors (Lipinski definition) is 4. The topological polar surface area (TPSA) is 64.4 Å². The molecule has 0 saturated heterocycles. The normalized spacial score (nSPS) is 10.6. The van der Waals surface area contributed by atoms with Crippen molar-refractivity contribution in [2.75, 3.05) is 13.7 Å². The third-order valence-electron chi connectivity index (χ3n) is 1.99. The highest BCUT2D eigenvalue weighted by Crippen LogP contribution is 2.24. The first-order valence-electron chi connectivity index (χ1n) is 4.87. The van der Waals surface area contributed by atoms with Crippen molar-refractivity contribution in [3.8, 4) is 5.75 Å². The monoisotopic (exact) mass is 246 g/mol. The minimum atomic E-state index is -2.58. The van der Waals surface area contributed by atoms with Gasteiger partial charge in [0.15, 0.2) is 0 Å². The second-order valence-corrected chi connectivity index (χ2v) is 3.28. The predicted molar refractivity (Wildman–Crippen MR) is 57.4 cm³/mol. The maximum Gasteiger partial charge on any atom is 0.272 e. The SMILES string of the molecule is CNCc1cc([N+](=O)[O-])ccc1OCC(F)F. The lowest BCUT2D eigenvalue weighted by Crippen LogP contribution is -2.11. The lowest BCUT2D eigenvalue weighted by atomic mass is 10.2. The number of nitro groups is 1. The predicted octanol–water partition coefficient (Wildman–Crippen LogP) is 1.96. The van der Waals surface area contributed by atoms with Crippen LogP contribution < -0.4 is 10.1 Å². The van der Waals surface area contributed by atoms with Gasteiger partial charge in [-0.25, -0.2) is 8.78 Å². The van der Waals surface area contributed by atoms with Gasteiger partial charge in [0, 0.05) is 24.2 Å². The van der Waals surface area contributed by atoms with Crippen LogP contribution in [0.3, 0.4) is 0 Å². The Hall–Kier alpha value is -1.76. The minimum absolute atomic E-state index is 0.0975. The Kier molecular flexibility index (Phi) is 4.77. The van der Waals surface area contributed by atoms with Crippen LogP contribution in [0.15, 0.2) is 18.2 Å². The van der Waals surface area contributed by atoms with Crippen molar-refractivity contribution >= 4 is 5.69 Å². The number of alkyl halides is 2. The van der Waals surface area contributed by atoms with Gasteiger partial charge in [-0.3, -0.25) is 10.1 Å². The Balaban J connectivity index is 2.91. The van der Waals surface area contributed by atoms with E-state index in [9.17, 15) is 18.9 Å². The zero-order chi connectivity index (χ0) is 12.8. The Morgan fingerprint density at radius 2 is 2.24 bits per heavy atom. The Labute approximate surface area is 96.5 Å². The number of hydrogen-bond donors (Lipinski definition) is 1. The highest BCUT2D eigenvalue weighted by Gasteiger charge is 2.12. The van der Waals surface area contributed by atoms with Crippen molar-refractivity contribution in [1.29, 1.82) is 0 Å². The number of rotatable bonds is 6. The molecule has 7 heteroatoms. The summed E-state index contributed by atoms with van der Waals surface area (Å²) in [5.74, 6) is 0.227. The summed E-state index contributed by atoms with van der Waals surface area (Å²) in [7, 11) is 1.65. The molecule has 0 aliphatic heterocycles. The van der Waals surface area contributed by atoms with Gasteiger partial charge in [0.25, 0.3) is 12.1 Å². The van der Waals surface area contributed by atoms with Crippen LogP contribution in [-0.4, -0.2) is 25.0 Å². The lowest BCUT2D eigenvalue weighted by molar-refractivity contribution is -0.384. The molecule has 0 fully saturated rings. The largest absolute Gasteiger partial charge is 0.487 e. The van der Waals surface area contributed by atoms with Gasteiger partial charge in [-0.2, -0.15) is 0 Å². The first-order chi connectivity index (χ1) is 8.04. The van der Waals surface area contributed by atoms with Crippen LogP contribution in [0.4, 0.5) is 14.5 Å². The molecule has 5 nitrogen and oxygen atoms in total. The van der Waals surface area contributed by atoms with Crippen molar-refractivity contribution in [3.05, 3.63) is 33.9 Å². The average molecular weight is 246 g/mol. The van der Waals surface area contributed by atoms with Crippen LogP contribution in [-0.2, 0) is 6.54 Å². The Bertz CT molecular complexity index is 399. The molecule has 1 aromatic rings. The molecule has 0 saturated carbocycles. The molecule has 1 aromatic carbocycles. The van der Waals surface area contributed by atoms with Crippen molar-refractivity contribution in [2.24, 2.45) is 0 Å². The molecule has 0 amide bonds. The molecule has 0 unspecified atom stereocenters. The third-order valence-corrected chi connectivity index (χ3v) is 1.99. The summed E-state index contributed by atoms with van der Waals surface area (Å²) in [6, 6.07) is 3.85. The smallest absolute Gasteiger partial charge is 0.272 e. The zero-order valence-corrected chi connectivity index (χ0v) is 9.15. The minimum Gasteiger partial charge on any atom is -0.487 e. The summed E-state index contributed by atoms with van der Waals surface area (Å²) in [5, 5.41) is 13.3. The van der Waals surface area contributed by atoms with Crippen molar-refractivity contribution in [2.45, 2.75) is 13.0 Å². The van der Waals surface area contributed by atoms with E-state index in [1.807, 2.05) is 0 Å². The number of nitrogens with one attached hydrogen (secondary N) is 1. The van der Waals surface area contributed by atoms with Crippen LogP contribution in [0.1, 0.15) is 5.56 Å². The van der Waals surface area contributed by atoms with Crippen LogP contribution >= 0.6 is 0 Å². The molecule has 17 heavy (non-hydrogen) atoms. The second kappa shape index (κ2) is 6.09. The van der Waals surface area contributed by atoms with E-state index in [2.05, 4.69) is 5.32 Å². The van der Waals surface area contributed by atoms with Crippen LogP contribution in [0.5, 0.6) is 5.75 Å². The average Bonchev–Trinajstić information content (AvgIpc) is 2.27. The van der Waals surface area contributed by atoms with Gasteiger partial charge >= 0.3 is 0 Å². The van der Waals surface area contributed by atoms with Crippen LogP contribution in [0.2, 0.25) is 0 Å². The van der Waals surface area contributed by atoms with Crippen LogP contribution in [0.25, 0.3) is 0 Å². The molecular formula is C10H12F2N2O3. The number of ether oxygens (including phenoxy) is 1. The highest BCUT2D eigenvalue weighted by atomic mass is 19.3. The van der Waals surface area contributed by atoms with Gasteiger partial charge in [0.2, 0.25) is 0 Å². The fourth-order valence-corrected chi connectivity index (χ4v) is 1.30. The van der Waals surface area contributed by atoms with Gasteiger partial charge in [-0.15, -0.1) is 0 Å². The molecule has 0 heterocycles. The number of halogens is 2. The maximum absolute atomic E-state index is 12.0. The van der Waals surface area contributed by atoms with Crippen molar-refractivity contribution in [1.82, 2.24) is 5.32 Å². The van der Waals surface area contributed by atoms with E-state index in [0.29, 0.717) is 12.1 Å². The number of nitro benzene ring substituents is 1. The summed E-state index contributed by atoms with van der Waals surface area (Å²) in [6.45, 7) is -0.422. The van der Waals surface area contributed by atoms with E-state index in [-0.39, 0.29) is 11.4 Å². The van der Waals surface area contributed by atoms with E-state index in [0.717, 1.165) is 0 Å². The molecule has 94 valence electrons. The van der Waals surface area contributed by atoms with Crippen LogP contribution in [0, 0.1) is 10.1 Å². The number of nitrogens with zero attached hydrogens (tertiary/aromatic N) is 1. The van der Waals surface area contributed by atoms with Gasteiger partial charge in [0.05, 0.1) is 4.92 Å². The molecule has 0 radical (unpaired) electrons. The van der Waals surface area contributed by atoms with Gasteiger partial charge in [-0.05, 0) is 13.1 Å². The van der Waals surface area contributed by atoms with E-state index in [1.54, 1.807) is 7.05 Å². The molecule has 0 atom stereocenters.